The molecule has 1 aromatic rings. The third-order valence-electron chi connectivity index (χ3n) is 3.18. The molecule has 0 bridgehead atoms. The van der Waals surface area contributed by atoms with E-state index in [1.165, 1.54) is 0 Å². The minimum atomic E-state index is -0.0708. The van der Waals surface area contributed by atoms with E-state index in [1.54, 1.807) is 0 Å². The summed E-state index contributed by atoms with van der Waals surface area (Å²) in [6, 6.07) is 5.63. The molecule has 1 amide bonds. The molecular formula is C13H19N3O. The van der Waals surface area contributed by atoms with E-state index in [1.807, 2.05) is 23.1 Å². The van der Waals surface area contributed by atoms with Crippen molar-refractivity contribution in [3.63, 3.8) is 0 Å². The van der Waals surface area contributed by atoms with Crippen LogP contribution in [0.3, 0.4) is 0 Å². The van der Waals surface area contributed by atoms with Crippen molar-refractivity contribution in [3.8, 4) is 0 Å². The van der Waals surface area contributed by atoms with Crippen molar-refractivity contribution in [2.75, 3.05) is 23.7 Å². The van der Waals surface area contributed by atoms with Crippen LogP contribution in [0.15, 0.2) is 18.2 Å². The Morgan fingerprint density at radius 1 is 1.41 bits per heavy atom. The number of fused-ring (bicyclic) bond motifs is 1. The molecule has 0 aliphatic carbocycles. The zero-order valence-electron chi connectivity index (χ0n) is 10.4. The third kappa shape index (κ3) is 2.26. The van der Waals surface area contributed by atoms with Crippen LogP contribution in [0.2, 0.25) is 0 Å². The maximum absolute atomic E-state index is 12.0. The topological polar surface area (TPSA) is 72.3 Å². The molecule has 17 heavy (non-hydrogen) atoms. The molecule has 0 fully saturated rings. The van der Waals surface area contributed by atoms with Gasteiger partial charge in [-0.2, -0.15) is 0 Å². The van der Waals surface area contributed by atoms with Gasteiger partial charge in [0, 0.05) is 17.9 Å². The molecule has 92 valence electrons. The normalized spacial score (nSPS) is 15.2. The highest BCUT2D eigenvalue weighted by atomic mass is 16.2. The molecular weight excluding hydrogens is 214 g/mol. The second kappa shape index (κ2) is 4.04. The summed E-state index contributed by atoms with van der Waals surface area (Å²) in [6.07, 6.45) is 0.445. The van der Waals surface area contributed by atoms with E-state index >= 15 is 0 Å². The Morgan fingerprint density at radius 3 is 2.76 bits per heavy atom. The van der Waals surface area contributed by atoms with Crippen LogP contribution >= 0.6 is 0 Å². The van der Waals surface area contributed by atoms with E-state index < -0.39 is 0 Å². The molecule has 0 radical (unpaired) electrons. The average molecular weight is 233 g/mol. The minimum absolute atomic E-state index is 0.0708. The van der Waals surface area contributed by atoms with Gasteiger partial charge >= 0.3 is 0 Å². The Hall–Kier alpha value is -1.55. The first-order valence-electron chi connectivity index (χ1n) is 5.82. The number of rotatable bonds is 3. The molecule has 1 aliphatic heterocycles. The summed E-state index contributed by atoms with van der Waals surface area (Å²) in [5, 5.41) is 0. The Kier molecular flexibility index (Phi) is 2.83. The second-order valence-corrected chi connectivity index (χ2v) is 5.41. The van der Waals surface area contributed by atoms with Gasteiger partial charge in [0.2, 0.25) is 5.91 Å². The summed E-state index contributed by atoms with van der Waals surface area (Å²) < 4.78 is 0. The summed E-state index contributed by atoms with van der Waals surface area (Å²) >= 11 is 0. The highest BCUT2D eigenvalue weighted by Gasteiger charge is 2.31. The van der Waals surface area contributed by atoms with Crippen LogP contribution in [0.4, 0.5) is 11.4 Å². The van der Waals surface area contributed by atoms with Crippen molar-refractivity contribution >= 4 is 17.3 Å². The van der Waals surface area contributed by atoms with Crippen LogP contribution in [0.25, 0.3) is 0 Å². The smallest absolute Gasteiger partial charge is 0.231 e. The number of hydrogen-bond acceptors (Lipinski definition) is 3. The average Bonchev–Trinajstić information content (AvgIpc) is 2.54. The molecule has 4 nitrogen and oxygen atoms in total. The number of nitrogens with zero attached hydrogens (tertiary/aromatic N) is 1. The zero-order chi connectivity index (χ0) is 12.6. The number of hydrogen-bond donors (Lipinski definition) is 2. The maximum atomic E-state index is 12.0. The van der Waals surface area contributed by atoms with Gasteiger partial charge in [-0.3, -0.25) is 4.79 Å². The van der Waals surface area contributed by atoms with Gasteiger partial charge in [-0.15, -0.1) is 0 Å². The van der Waals surface area contributed by atoms with Crippen molar-refractivity contribution in [1.29, 1.82) is 0 Å². The van der Waals surface area contributed by atoms with Gasteiger partial charge in [0.05, 0.1) is 6.42 Å². The standard InChI is InChI=1S/C13H19N3O/c1-13(2,7-14)8-16-11-4-3-10(15)5-9(11)6-12(16)17/h3-5H,6-8,14-15H2,1-2H3. The summed E-state index contributed by atoms with van der Waals surface area (Å²) in [5.74, 6) is 0.132. The summed E-state index contributed by atoms with van der Waals surface area (Å²) in [5.41, 5.74) is 14.1. The Bertz CT molecular complexity index is 454. The fraction of sp³-hybridized carbons (Fsp3) is 0.462. The lowest BCUT2D eigenvalue weighted by molar-refractivity contribution is -0.117. The highest BCUT2D eigenvalue weighted by molar-refractivity contribution is 6.01. The summed E-state index contributed by atoms with van der Waals surface area (Å²) in [6.45, 7) is 5.34. The van der Waals surface area contributed by atoms with Crippen LogP contribution in [-0.4, -0.2) is 19.0 Å². The Morgan fingerprint density at radius 2 is 2.12 bits per heavy atom. The predicted molar refractivity (Wildman–Crippen MR) is 69.7 cm³/mol. The molecule has 4 N–H and O–H groups in total. The first-order chi connectivity index (χ1) is 7.93. The number of nitrogens with two attached hydrogens (primary N) is 2. The van der Waals surface area contributed by atoms with Crippen LogP contribution in [-0.2, 0) is 11.2 Å². The minimum Gasteiger partial charge on any atom is -0.399 e. The first kappa shape index (κ1) is 11.9. The number of amides is 1. The van der Waals surface area contributed by atoms with E-state index in [-0.39, 0.29) is 11.3 Å². The van der Waals surface area contributed by atoms with E-state index in [0.29, 0.717) is 25.2 Å². The van der Waals surface area contributed by atoms with Gasteiger partial charge in [-0.1, -0.05) is 13.8 Å². The predicted octanol–water partition coefficient (Wildman–Crippen LogP) is 1.14. The quantitative estimate of drug-likeness (QED) is 0.769. The second-order valence-electron chi connectivity index (χ2n) is 5.41. The van der Waals surface area contributed by atoms with Gasteiger partial charge in [0.1, 0.15) is 0 Å². The highest BCUT2D eigenvalue weighted by Crippen LogP contribution is 2.32. The van der Waals surface area contributed by atoms with Crippen molar-refractivity contribution in [3.05, 3.63) is 23.8 Å². The fourth-order valence-corrected chi connectivity index (χ4v) is 2.07. The van der Waals surface area contributed by atoms with E-state index in [4.69, 9.17) is 11.5 Å². The van der Waals surface area contributed by atoms with Gasteiger partial charge in [0.25, 0.3) is 0 Å². The van der Waals surface area contributed by atoms with Crippen LogP contribution < -0.4 is 16.4 Å². The molecule has 0 spiro atoms. The summed E-state index contributed by atoms with van der Waals surface area (Å²) in [7, 11) is 0. The van der Waals surface area contributed by atoms with Crippen LogP contribution in [0, 0.1) is 5.41 Å². The molecule has 4 heteroatoms. The van der Waals surface area contributed by atoms with Crippen LogP contribution in [0.5, 0.6) is 0 Å². The zero-order valence-corrected chi connectivity index (χ0v) is 10.4. The molecule has 0 atom stereocenters. The molecule has 1 aromatic carbocycles. The van der Waals surface area contributed by atoms with E-state index in [0.717, 1.165) is 11.3 Å². The first-order valence-corrected chi connectivity index (χ1v) is 5.82. The fourth-order valence-electron chi connectivity index (χ4n) is 2.07. The van der Waals surface area contributed by atoms with Crippen molar-refractivity contribution in [2.45, 2.75) is 20.3 Å². The van der Waals surface area contributed by atoms with Gasteiger partial charge in [0.15, 0.2) is 0 Å². The van der Waals surface area contributed by atoms with Crippen molar-refractivity contribution < 1.29 is 4.79 Å². The third-order valence-corrected chi connectivity index (χ3v) is 3.18. The maximum Gasteiger partial charge on any atom is 0.231 e. The van der Waals surface area contributed by atoms with Gasteiger partial charge < -0.3 is 16.4 Å². The molecule has 2 rings (SSSR count). The molecule has 0 aromatic heterocycles. The lowest BCUT2D eigenvalue weighted by atomic mass is 9.93. The summed E-state index contributed by atoms with van der Waals surface area (Å²) in [4.78, 5) is 13.8. The van der Waals surface area contributed by atoms with Gasteiger partial charge in [-0.25, -0.2) is 0 Å². The number of anilines is 2. The lowest BCUT2D eigenvalue weighted by Crippen LogP contribution is -2.40. The largest absolute Gasteiger partial charge is 0.399 e. The molecule has 1 heterocycles. The monoisotopic (exact) mass is 233 g/mol. The van der Waals surface area contributed by atoms with E-state index in [9.17, 15) is 4.79 Å². The van der Waals surface area contributed by atoms with E-state index in [2.05, 4.69) is 13.8 Å². The molecule has 1 aliphatic rings. The number of nitrogen functional groups attached to an aromatic ring is 1. The number of benzene rings is 1. The van der Waals surface area contributed by atoms with Crippen molar-refractivity contribution in [2.24, 2.45) is 11.1 Å². The number of carbonyl (C=O) groups excluding carboxylic acids is 1. The van der Waals surface area contributed by atoms with Gasteiger partial charge in [-0.05, 0) is 35.7 Å². The molecule has 0 saturated carbocycles. The molecule has 0 saturated heterocycles. The Balaban J connectivity index is 2.29. The Labute approximate surface area is 102 Å². The van der Waals surface area contributed by atoms with Crippen LogP contribution in [0.1, 0.15) is 19.4 Å². The van der Waals surface area contributed by atoms with Crippen molar-refractivity contribution in [1.82, 2.24) is 0 Å². The SMILES string of the molecule is CC(C)(CN)CN1C(=O)Cc2cc(N)ccc21. The molecule has 0 unspecified atom stereocenters. The lowest BCUT2D eigenvalue weighted by Gasteiger charge is -2.29. The number of carbonyl (C=O) groups is 1.